The molecule has 5 rings (SSSR count). The zero-order chi connectivity index (χ0) is 55.9. The molecule has 1 aromatic heterocycles. The number of amides is 10. The van der Waals surface area contributed by atoms with Crippen LogP contribution in [0, 0.1) is 0 Å². The van der Waals surface area contributed by atoms with Gasteiger partial charge in [-0.1, -0.05) is 91.0 Å². The number of nitrogens with one attached hydrogen (secondary N) is 11. The number of aromatic nitrogens is 3. The van der Waals surface area contributed by atoms with Crippen LogP contribution in [0.3, 0.4) is 0 Å². The Balaban J connectivity index is 1.24. The Morgan fingerprint density at radius 1 is 0.623 bits per heavy atom. The first-order valence-corrected chi connectivity index (χ1v) is 25.2. The molecule has 13 N–H and O–H groups in total. The number of carbonyl (C=O) groups is 10. The van der Waals surface area contributed by atoms with Crippen LogP contribution < -0.4 is 64.2 Å². The largest absolute Gasteiger partial charge is 0.368 e. The van der Waals surface area contributed by atoms with Gasteiger partial charge >= 0.3 is 0 Å². The number of benzene rings is 3. The van der Waals surface area contributed by atoms with Crippen molar-refractivity contribution >= 4 is 82.6 Å². The molecule has 410 valence electrons. The van der Waals surface area contributed by atoms with Crippen molar-refractivity contribution in [2.45, 2.75) is 102 Å². The second-order valence-corrected chi connectivity index (χ2v) is 18.4. The summed E-state index contributed by atoms with van der Waals surface area (Å²) in [7, 11) is 0. The third-order valence-corrected chi connectivity index (χ3v) is 12.0. The van der Waals surface area contributed by atoms with Crippen molar-refractivity contribution in [2.24, 2.45) is 5.73 Å². The van der Waals surface area contributed by atoms with Crippen LogP contribution in [0.25, 0.3) is 0 Å². The van der Waals surface area contributed by atoms with Gasteiger partial charge in [0.2, 0.25) is 76.3 Å². The van der Waals surface area contributed by atoms with Crippen LogP contribution >= 0.6 is 11.6 Å². The third kappa shape index (κ3) is 20.5. The average Bonchev–Trinajstić information content (AvgIpc) is 3.40. The van der Waals surface area contributed by atoms with Crippen molar-refractivity contribution in [1.82, 2.24) is 62.8 Å². The summed E-state index contributed by atoms with van der Waals surface area (Å²) in [4.78, 5) is 145. The number of hydrogen-bond acceptors (Lipinski definition) is 15. The van der Waals surface area contributed by atoms with Gasteiger partial charge in [0.25, 0.3) is 0 Å². The highest BCUT2D eigenvalue weighted by molar-refractivity contribution is 6.28. The molecule has 26 heteroatoms. The predicted molar refractivity (Wildman–Crippen MR) is 282 cm³/mol. The standard InChI is InChI=1S/C51H64ClN15O10/c1-29(43(72)62-36(42(53)71)23-32-15-7-4-8-16-32)58-39(68)26-55-46(75)38(25-34-19-11-6-12-20-34)64-45(74)31(3)60-48(77)35-21-13-14-22-54-50-65-49(52)66-51(67-50)57-28-40(69)59-30(2)44(73)63-37(24-33-17-9-5-10-18-33)47(76)56-27-41(70)61-35/h4-12,15-20,29-31,35-38H,13-14,21-28H2,1-3H3,(H2,53,71)(H,55,75)(H,56,76)(H,58,68)(H,59,69)(H,60,77)(H,61,70)(H,62,72)(H,63,73)(H,64,74)(H2,54,57,65,66,67)/t29-,30-,31-,35-,36-,37-,38-/m0/s1. The number of hydrogen-bond donors (Lipinski definition) is 12. The summed E-state index contributed by atoms with van der Waals surface area (Å²) in [5, 5.41) is 28.6. The highest BCUT2D eigenvalue weighted by atomic mass is 35.5. The summed E-state index contributed by atoms with van der Waals surface area (Å²) in [5.74, 6) is -7.36. The lowest BCUT2D eigenvalue weighted by atomic mass is 10.0. The molecule has 2 bridgehead atoms. The molecule has 1 aliphatic heterocycles. The summed E-state index contributed by atoms with van der Waals surface area (Å²) >= 11 is 6.12. The number of rotatable bonds is 17. The third-order valence-electron chi connectivity index (χ3n) is 11.8. The lowest BCUT2D eigenvalue weighted by Gasteiger charge is -2.24. The summed E-state index contributed by atoms with van der Waals surface area (Å²) in [6.07, 6.45) is 0.844. The maximum absolute atomic E-state index is 14.0. The smallest absolute Gasteiger partial charge is 0.243 e. The Hall–Kier alpha value is -8.74. The lowest BCUT2D eigenvalue weighted by Crippen LogP contribution is -2.58. The normalized spacial score (nSPS) is 18.3. The molecular formula is C51H64ClN15O10. The Labute approximate surface area is 449 Å². The minimum atomic E-state index is -1.29. The highest BCUT2D eigenvalue weighted by Gasteiger charge is 2.30. The summed E-state index contributed by atoms with van der Waals surface area (Å²) in [5.41, 5.74) is 7.61. The second-order valence-electron chi connectivity index (χ2n) is 18.0. The Kier molecular flexibility index (Phi) is 23.0. The first-order valence-electron chi connectivity index (χ1n) is 24.8. The van der Waals surface area contributed by atoms with Crippen LogP contribution in [0.15, 0.2) is 91.0 Å². The quantitative estimate of drug-likeness (QED) is 0.0569. The zero-order valence-electron chi connectivity index (χ0n) is 42.7. The van der Waals surface area contributed by atoms with Crippen LogP contribution in [0.1, 0.15) is 56.7 Å². The number of nitrogens with two attached hydrogens (primary N) is 1. The molecule has 1 aliphatic rings. The Morgan fingerprint density at radius 3 is 1.77 bits per heavy atom. The van der Waals surface area contributed by atoms with Gasteiger partial charge in [-0.3, -0.25) is 47.9 Å². The van der Waals surface area contributed by atoms with E-state index in [9.17, 15) is 47.9 Å². The molecule has 0 aliphatic carbocycles. The van der Waals surface area contributed by atoms with E-state index in [4.69, 9.17) is 17.3 Å². The van der Waals surface area contributed by atoms with Gasteiger partial charge in [-0.05, 0) is 68.3 Å². The Morgan fingerprint density at radius 2 is 1.16 bits per heavy atom. The van der Waals surface area contributed by atoms with Crippen molar-refractivity contribution in [2.75, 3.05) is 36.8 Å². The molecule has 0 saturated carbocycles. The fraction of sp³-hybridized carbons (Fsp3) is 0.392. The van der Waals surface area contributed by atoms with E-state index in [-0.39, 0.29) is 56.0 Å². The van der Waals surface area contributed by atoms with E-state index in [0.29, 0.717) is 24.0 Å². The van der Waals surface area contributed by atoms with Gasteiger partial charge in [0.05, 0.1) is 19.6 Å². The monoisotopic (exact) mass is 1080 g/mol. The first-order chi connectivity index (χ1) is 36.8. The van der Waals surface area contributed by atoms with Gasteiger partial charge in [-0.25, -0.2) is 0 Å². The van der Waals surface area contributed by atoms with Gasteiger partial charge in [0.15, 0.2) is 0 Å². The minimum absolute atomic E-state index is 0.0175. The number of carbonyl (C=O) groups excluding carboxylic acids is 10. The van der Waals surface area contributed by atoms with Crippen molar-refractivity contribution in [3.8, 4) is 0 Å². The first kappa shape index (κ1) is 59.1. The predicted octanol–water partition coefficient (Wildman–Crippen LogP) is -1.57. The van der Waals surface area contributed by atoms with Crippen LogP contribution in [0.5, 0.6) is 0 Å². The summed E-state index contributed by atoms with van der Waals surface area (Å²) < 4.78 is 0. The molecular weight excluding hydrogens is 1020 g/mol. The van der Waals surface area contributed by atoms with Crippen LogP contribution in [-0.2, 0) is 67.2 Å². The van der Waals surface area contributed by atoms with Crippen LogP contribution in [0.4, 0.5) is 11.9 Å². The number of anilines is 2. The summed E-state index contributed by atoms with van der Waals surface area (Å²) in [6, 6.07) is 18.0. The molecule has 0 unspecified atom stereocenters. The molecule has 25 nitrogen and oxygen atoms in total. The van der Waals surface area contributed by atoms with Crippen molar-refractivity contribution in [1.29, 1.82) is 0 Å². The molecule has 77 heavy (non-hydrogen) atoms. The van der Waals surface area contributed by atoms with Gasteiger partial charge in [-0.15, -0.1) is 0 Å². The molecule has 2 heterocycles. The molecule has 0 fully saturated rings. The van der Waals surface area contributed by atoms with E-state index < -0.39 is 114 Å². The van der Waals surface area contributed by atoms with Gasteiger partial charge in [-0.2, -0.15) is 15.0 Å². The van der Waals surface area contributed by atoms with E-state index in [0.717, 1.165) is 5.56 Å². The van der Waals surface area contributed by atoms with E-state index in [1.54, 1.807) is 91.0 Å². The number of nitrogens with zero attached hydrogens (tertiary/aromatic N) is 3. The van der Waals surface area contributed by atoms with Gasteiger partial charge in [0, 0.05) is 25.8 Å². The maximum atomic E-state index is 14.0. The fourth-order valence-corrected chi connectivity index (χ4v) is 7.77. The molecule has 0 saturated heterocycles. The number of fused-ring (bicyclic) bond motifs is 2. The molecule has 4 aromatic rings. The molecule has 3 aromatic carbocycles. The minimum Gasteiger partial charge on any atom is -0.368 e. The lowest BCUT2D eigenvalue weighted by molar-refractivity contribution is -0.134. The van der Waals surface area contributed by atoms with Gasteiger partial charge < -0.3 is 64.2 Å². The SMILES string of the molecule is C[C@H](NC(=O)CNC(=O)[C@H](Cc1ccccc1)NC(=O)[C@H](C)NC(=O)[C@@H]1CCCCNc2nc(Cl)nc(n2)NCC(=O)N[C@@H](C)C(=O)N[C@@H](Cc2ccccc2)C(=O)NCC(=O)N1)C(=O)N[C@@H](Cc1ccccc1)C(N)=O. The molecule has 0 spiro atoms. The highest BCUT2D eigenvalue weighted by Crippen LogP contribution is 2.12. The van der Waals surface area contributed by atoms with Crippen molar-refractivity contribution in [3.63, 3.8) is 0 Å². The fourth-order valence-electron chi connectivity index (χ4n) is 7.61. The number of primary amides is 1. The topological polar surface area (TPSA) is 368 Å². The summed E-state index contributed by atoms with van der Waals surface area (Å²) in [6.45, 7) is 2.85. The molecule has 10 amide bonds. The maximum Gasteiger partial charge on any atom is 0.243 e. The van der Waals surface area contributed by atoms with E-state index in [1.165, 1.54) is 20.8 Å². The molecule has 7 atom stereocenters. The second kappa shape index (κ2) is 30.0. The zero-order valence-corrected chi connectivity index (χ0v) is 43.4. The van der Waals surface area contributed by atoms with Crippen molar-refractivity contribution in [3.05, 3.63) is 113 Å². The molecule has 0 radical (unpaired) electrons. The van der Waals surface area contributed by atoms with E-state index >= 15 is 0 Å². The number of halogens is 1. The van der Waals surface area contributed by atoms with Crippen molar-refractivity contribution < 1.29 is 47.9 Å². The van der Waals surface area contributed by atoms with E-state index in [1.807, 2.05) is 0 Å². The van der Waals surface area contributed by atoms with Gasteiger partial charge in [0.1, 0.15) is 42.3 Å². The van der Waals surface area contributed by atoms with Crippen LogP contribution in [0.2, 0.25) is 5.28 Å². The average molecular weight is 1080 g/mol. The van der Waals surface area contributed by atoms with E-state index in [2.05, 4.69) is 73.4 Å². The Bertz CT molecular complexity index is 2710. The van der Waals surface area contributed by atoms with Crippen LogP contribution in [-0.4, -0.2) is 142 Å².